The van der Waals surface area contributed by atoms with Gasteiger partial charge in [-0.05, 0) is 41.8 Å². The Hall–Kier alpha value is -1.19. The first-order valence-electron chi connectivity index (χ1n) is 6.32. The number of halogens is 5. The Balaban J connectivity index is 2.42. The average Bonchev–Trinajstić information content (AvgIpc) is 2.44. The zero-order valence-corrected chi connectivity index (χ0v) is 12.6. The fraction of sp³-hybridized carbons (Fsp3) is 0.250. The number of alkyl halides is 2. The van der Waals surface area contributed by atoms with Gasteiger partial charge in [0.25, 0.3) is 0 Å². The summed E-state index contributed by atoms with van der Waals surface area (Å²) < 4.78 is 40.1. The lowest BCUT2D eigenvalue weighted by Crippen LogP contribution is -2.33. The Morgan fingerprint density at radius 2 is 1.43 bits per heavy atom. The van der Waals surface area contributed by atoms with Gasteiger partial charge < -0.3 is 0 Å². The summed E-state index contributed by atoms with van der Waals surface area (Å²) in [7, 11) is 0. The van der Waals surface area contributed by atoms with Crippen LogP contribution in [0.4, 0.5) is 13.2 Å². The molecule has 0 aliphatic rings. The lowest BCUT2D eigenvalue weighted by Gasteiger charge is -2.30. The van der Waals surface area contributed by atoms with Gasteiger partial charge in [-0.3, -0.25) is 0 Å². The van der Waals surface area contributed by atoms with Crippen molar-refractivity contribution in [2.24, 2.45) is 0 Å². The Labute approximate surface area is 131 Å². The molecule has 0 fully saturated rings. The fourth-order valence-electron chi connectivity index (χ4n) is 2.31. The SMILES string of the molecule is Fc1cc(F)cc(CC(CCl)(CCl)c2cccc(F)c2)c1. The van der Waals surface area contributed by atoms with Crippen LogP contribution in [0.3, 0.4) is 0 Å². The van der Waals surface area contributed by atoms with Crippen molar-refractivity contribution in [3.05, 3.63) is 71.0 Å². The number of rotatable bonds is 5. The van der Waals surface area contributed by atoms with Gasteiger partial charge >= 0.3 is 0 Å². The first-order chi connectivity index (χ1) is 9.99. The lowest BCUT2D eigenvalue weighted by molar-refractivity contribution is 0.519. The summed E-state index contributed by atoms with van der Waals surface area (Å²) in [6, 6.07) is 9.20. The third-order valence-corrected chi connectivity index (χ3v) is 4.44. The molecule has 0 saturated heterocycles. The van der Waals surface area contributed by atoms with Crippen LogP contribution < -0.4 is 0 Å². The van der Waals surface area contributed by atoms with Gasteiger partial charge in [-0.15, -0.1) is 23.2 Å². The fourth-order valence-corrected chi connectivity index (χ4v) is 3.09. The van der Waals surface area contributed by atoms with Gasteiger partial charge in [0.1, 0.15) is 17.5 Å². The molecule has 112 valence electrons. The largest absolute Gasteiger partial charge is 0.207 e. The molecule has 0 bridgehead atoms. The Kier molecular flexibility index (Phi) is 5.17. The predicted octanol–water partition coefficient (Wildman–Crippen LogP) is 5.06. The van der Waals surface area contributed by atoms with E-state index in [9.17, 15) is 13.2 Å². The molecule has 2 aromatic carbocycles. The predicted molar refractivity (Wildman–Crippen MR) is 79.6 cm³/mol. The molecule has 0 radical (unpaired) electrons. The molecule has 0 aliphatic carbocycles. The summed E-state index contributed by atoms with van der Waals surface area (Å²) in [5, 5.41) is 0. The van der Waals surface area contributed by atoms with Crippen molar-refractivity contribution in [2.75, 3.05) is 11.8 Å². The maximum absolute atomic E-state index is 13.4. The van der Waals surface area contributed by atoms with E-state index in [1.54, 1.807) is 12.1 Å². The lowest BCUT2D eigenvalue weighted by atomic mass is 9.78. The van der Waals surface area contributed by atoms with Crippen molar-refractivity contribution in [3.8, 4) is 0 Å². The highest BCUT2D eigenvalue weighted by atomic mass is 35.5. The van der Waals surface area contributed by atoms with Crippen molar-refractivity contribution in [2.45, 2.75) is 11.8 Å². The molecule has 0 spiro atoms. The second-order valence-electron chi connectivity index (χ2n) is 5.01. The van der Waals surface area contributed by atoms with Crippen molar-refractivity contribution in [1.82, 2.24) is 0 Å². The van der Waals surface area contributed by atoms with E-state index < -0.39 is 22.9 Å². The number of hydrogen-bond acceptors (Lipinski definition) is 0. The van der Waals surface area contributed by atoms with Crippen LogP contribution in [-0.2, 0) is 11.8 Å². The smallest absolute Gasteiger partial charge is 0.126 e. The van der Waals surface area contributed by atoms with Crippen LogP contribution in [0.5, 0.6) is 0 Å². The average molecular weight is 333 g/mol. The number of benzene rings is 2. The van der Waals surface area contributed by atoms with Crippen LogP contribution in [-0.4, -0.2) is 11.8 Å². The highest BCUT2D eigenvalue weighted by Crippen LogP contribution is 2.32. The monoisotopic (exact) mass is 332 g/mol. The second-order valence-corrected chi connectivity index (χ2v) is 5.55. The Morgan fingerprint density at radius 3 is 1.95 bits per heavy atom. The molecule has 2 rings (SSSR count). The Bertz CT molecular complexity index is 604. The maximum Gasteiger partial charge on any atom is 0.126 e. The minimum atomic E-state index is -0.786. The van der Waals surface area contributed by atoms with E-state index in [2.05, 4.69) is 0 Å². The third-order valence-electron chi connectivity index (χ3n) is 3.41. The molecule has 0 amide bonds. The highest BCUT2D eigenvalue weighted by molar-refractivity contribution is 6.22. The summed E-state index contributed by atoms with van der Waals surface area (Å²) in [6.45, 7) is 0. The van der Waals surface area contributed by atoms with Gasteiger partial charge in [0.2, 0.25) is 0 Å². The van der Waals surface area contributed by atoms with Crippen molar-refractivity contribution < 1.29 is 13.2 Å². The molecular weight excluding hydrogens is 320 g/mol. The third kappa shape index (κ3) is 3.72. The van der Waals surface area contributed by atoms with Crippen molar-refractivity contribution in [3.63, 3.8) is 0 Å². The summed E-state index contributed by atoms with van der Waals surface area (Å²) in [5.74, 6) is -1.52. The van der Waals surface area contributed by atoms with Crippen molar-refractivity contribution >= 4 is 23.2 Å². The summed E-state index contributed by atoms with van der Waals surface area (Å²) in [4.78, 5) is 0. The second kappa shape index (κ2) is 6.71. The quantitative estimate of drug-likeness (QED) is 0.671. The molecule has 21 heavy (non-hydrogen) atoms. The van der Waals surface area contributed by atoms with Gasteiger partial charge in [0, 0.05) is 23.2 Å². The standard InChI is InChI=1S/C16H13Cl2F3/c17-9-16(10-18,12-2-1-3-13(19)6-12)8-11-4-14(20)7-15(21)5-11/h1-7H,8-10H2. The van der Waals surface area contributed by atoms with E-state index in [-0.39, 0.29) is 18.2 Å². The molecule has 0 saturated carbocycles. The van der Waals surface area contributed by atoms with E-state index in [1.165, 1.54) is 24.3 Å². The molecule has 0 nitrogen and oxygen atoms in total. The van der Waals surface area contributed by atoms with Crippen LogP contribution in [0.1, 0.15) is 11.1 Å². The van der Waals surface area contributed by atoms with E-state index >= 15 is 0 Å². The first kappa shape index (κ1) is 16.2. The van der Waals surface area contributed by atoms with Gasteiger partial charge in [-0.25, -0.2) is 13.2 Å². The zero-order valence-electron chi connectivity index (χ0n) is 11.1. The van der Waals surface area contributed by atoms with Crippen molar-refractivity contribution in [1.29, 1.82) is 0 Å². The summed E-state index contributed by atoms with van der Waals surface area (Å²) in [5.41, 5.74) is 0.251. The molecule has 0 atom stereocenters. The van der Waals surface area contributed by atoms with Gasteiger partial charge in [-0.2, -0.15) is 0 Å². The van der Waals surface area contributed by atoms with Crippen LogP contribution in [0.25, 0.3) is 0 Å². The maximum atomic E-state index is 13.4. The first-order valence-corrected chi connectivity index (χ1v) is 7.39. The van der Waals surface area contributed by atoms with E-state index in [4.69, 9.17) is 23.2 Å². The molecule has 0 aromatic heterocycles. The molecule has 0 N–H and O–H groups in total. The molecule has 2 aromatic rings. The number of hydrogen-bond donors (Lipinski definition) is 0. The van der Waals surface area contributed by atoms with E-state index in [0.29, 0.717) is 11.1 Å². The van der Waals surface area contributed by atoms with E-state index in [0.717, 1.165) is 6.07 Å². The van der Waals surface area contributed by atoms with Gasteiger partial charge in [0.05, 0.1) is 0 Å². The molecule has 0 heterocycles. The van der Waals surface area contributed by atoms with Crippen LogP contribution in [0.15, 0.2) is 42.5 Å². The summed E-state index contributed by atoms with van der Waals surface area (Å²) in [6.07, 6.45) is 0.220. The normalized spacial score (nSPS) is 11.7. The molecule has 0 unspecified atom stereocenters. The van der Waals surface area contributed by atoms with Gasteiger partial charge in [-0.1, -0.05) is 12.1 Å². The topological polar surface area (TPSA) is 0 Å². The van der Waals surface area contributed by atoms with E-state index in [1.807, 2.05) is 0 Å². The Morgan fingerprint density at radius 1 is 0.810 bits per heavy atom. The van der Waals surface area contributed by atoms with Crippen LogP contribution >= 0.6 is 23.2 Å². The molecule has 5 heteroatoms. The molecule has 0 aliphatic heterocycles. The zero-order chi connectivity index (χ0) is 15.5. The van der Waals surface area contributed by atoms with Crippen LogP contribution in [0.2, 0.25) is 0 Å². The minimum absolute atomic E-state index is 0.109. The van der Waals surface area contributed by atoms with Gasteiger partial charge in [0.15, 0.2) is 0 Å². The molecular formula is C16H13Cl2F3. The highest BCUT2D eigenvalue weighted by Gasteiger charge is 2.31. The summed E-state index contributed by atoms with van der Waals surface area (Å²) >= 11 is 12.1. The minimum Gasteiger partial charge on any atom is -0.207 e. The van der Waals surface area contributed by atoms with Crippen LogP contribution in [0, 0.1) is 17.5 Å².